The number of nitrogens with zero attached hydrogens (tertiary/aromatic N) is 3. The van der Waals surface area contributed by atoms with Gasteiger partial charge in [-0.2, -0.15) is 0 Å². The number of aromatic nitrogens is 1. The molecular weight excluding hydrogens is 334 g/mol. The lowest BCUT2D eigenvalue weighted by atomic mass is 10.3. The predicted octanol–water partition coefficient (Wildman–Crippen LogP) is 1.55. The maximum absolute atomic E-state index is 11.8. The van der Waals surface area contributed by atoms with Crippen molar-refractivity contribution in [2.24, 2.45) is 4.99 Å². The second-order valence-corrected chi connectivity index (χ2v) is 6.74. The predicted molar refractivity (Wildman–Crippen MR) is 103 cm³/mol. The van der Waals surface area contributed by atoms with Crippen LogP contribution in [0.5, 0.6) is 0 Å². The van der Waals surface area contributed by atoms with Crippen LogP contribution in [0, 0.1) is 0 Å². The highest BCUT2D eigenvalue weighted by Gasteiger charge is 2.05. The van der Waals surface area contributed by atoms with E-state index in [-0.39, 0.29) is 12.5 Å². The molecular formula is C18H25N5OS. The van der Waals surface area contributed by atoms with Crippen molar-refractivity contribution in [2.75, 3.05) is 33.7 Å². The summed E-state index contributed by atoms with van der Waals surface area (Å²) in [6, 6.07) is 10.1. The molecule has 2 aromatic rings. The molecule has 0 fully saturated rings. The number of nitrogens with one attached hydrogen (secondary N) is 2. The third-order valence-electron chi connectivity index (χ3n) is 3.51. The second kappa shape index (κ2) is 10.5. The molecule has 0 saturated carbocycles. The van der Waals surface area contributed by atoms with E-state index >= 15 is 0 Å². The standard InChI is InChI=1S/C18H25N5OS/c1-23(2)17(24)14-22-18(21-12-9-16-7-5-13-25-16)20-11-8-15-6-3-4-10-19-15/h3-7,10,13H,8-9,11-12,14H2,1-2H3,(H2,20,21,22). The van der Waals surface area contributed by atoms with Crippen molar-refractivity contribution >= 4 is 23.2 Å². The van der Waals surface area contributed by atoms with Gasteiger partial charge in [0.05, 0.1) is 0 Å². The van der Waals surface area contributed by atoms with Crippen LogP contribution in [0.15, 0.2) is 46.9 Å². The molecule has 0 aliphatic heterocycles. The van der Waals surface area contributed by atoms with Crippen LogP contribution in [0.1, 0.15) is 10.6 Å². The maximum atomic E-state index is 11.8. The average Bonchev–Trinajstić information content (AvgIpc) is 3.13. The van der Waals surface area contributed by atoms with E-state index in [1.54, 1.807) is 36.5 Å². The third kappa shape index (κ3) is 7.34. The first kappa shape index (κ1) is 18.9. The lowest BCUT2D eigenvalue weighted by Crippen LogP contribution is -2.40. The monoisotopic (exact) mass is 359 g/mol. The first-order valence-electron chi connectivity index (χ1n) is 8.30. The van der Waals surface area contributed by atoms with E-state index in [1.165, 1.54) is 4.88 Å². The lowest BCUT2D eigenvalue weighted by Gasteiger charge is -2.13. The Labute approximate surface area is 153 Å². The molecule has 0 aromatic carbocycles. The van der Waals surface area contributed by atoms with Gasteiger partial charge >= 0.3 is 0 Å². The molecule has 7 heteroatoms. The molecule has 2 heterocycles. The van der Waals surface area contributed by atoms with E-state index < -0.39 is 0 Å². The number of pyridine rings is 1. The summed E-state index contributed by atoms with van der Waals surface area (Å²) < 4.78 is 0. The minimum absolute atomic E-state index is 0.0240. The molecule has 1 amide bonds. The van der Waals surface area contributed by atoms with Crippen LogP contribution in [-0.4, -0.2) is 55.5 Å². The summed E-state index contributed by atoms with van der Waals surface area (Å²) in [5.74, 6) is 0.631. The van der Waals surface area contributed by atoms with Gasteiger partial charge in [0.15, 0.2) is 5.96 Å². The van der Waals surface area contributed by atoms with Gasteiger partial charge in [0.25, 0.3) is 0 Å². The molecule has 134 valence electrons. The lowest BCUT2D eigenvalue weighted by molar-refractivity contribution is -0.127. The van der Waals surface area contributed by atoms with Crippen molar-refractivity contribution in [3.05, 3.63) is 52.5 Å². The zero-order valence-electron chi connectivity index (χ0n) is 14.7. The number of carbonyl (C=O) groups is 1. The Morgan fingerprint density at radius 1 is 1.16 bits per heavy atom. The van der Waals surface area contributed by atoms with Crippen molar-refractivity contribution in [3.63, 3.8) is 0 Å². The zero-order valence-corrected chi connectivity index (χ0v) is 15.6. The molecule has 2 N–H and O–H groups in total. The Bertz CT molecular complexity index is 655. The number of guanidine groups is 1. The van der Waals surface area contributed by atoms with Crippen LogP contribution in [0.25, 0.3) is 0 Å². The highest BCUT2D eigenvalue weighted by Crippen LogP contribution is 2.07. The summed E-state index contributed by atoms with van der Waals surface area (Å²) in [5, 5.41) is 8.64. The Balaban J connectivity index is 1.83. The molecule has 0 spiro atoms. The van der Waals surface area contributed by atoms with Gasteiger partial charge in [-0.3, -0.25) is 9.78 Å². The van der Waals surface area contributed by atoms with Crippen LogP contribution in [0.3, 0.4) is 0 Å². The summed E-state index contributed by atoms with van der Waals surface area (Å²) in [4.78, 5) is 23.3. The van der Waals surface area contributed by atoms with E-state index in [0.717, 1.165) is 25.1 Å². The smallest absolute Gasteiger partial charge is 0.243 e. The summed E-state index contributed by atoms with van der Waals surface area (Å²) in [7, 11) is 3.46. The van der Waals surface area contributed by atoms with Gasteiger partial charge < -0.3 is 15.5 Å². The van der Waals surface area contributed by atoms with Gasteiger partial charge in [-0.25, -0.2) is 4.99 Å². The number of likely N-dealkylation sites (N-methyl/N-ethyl adjacent to an activating group) is 1. The molecule has 0 unspecified atom stereocenters. The highest BCUT2D eigenvalue weighted by atomic mass is 32.1. The summed E-state index contributed by atoms with van der Waals surface area (Å²) in [6.45, 7) is 1.61. The Morgan fingerprint density at radius 2 is 1.96 bits per heavy atom. The SMILES string of the molecule is CN(C)C(=O)CN=C(NCCc1ccccn1)NCCc1cccs1. The molecule has 2 rings (SSSR count). The Hall–Kier alpha value is -2.41. The quantitative estimate of drug-likeness (QED) is 0.554. The van der Waals surface area contributed by atoms with Crippen molar-refractivity contribution in [3.8, 4) is 0 Å². The number of aliphatic imine (C=N–C) groups is 1. The number of thiophene rings is 1. The number of hydrogen-bond donors (Lipinski definition) is 2. The van der Waals surface area contributed by atoms with Crippen LogP contribution in [-0.2, 0) is 17.6 Å². The molecule has 0 aliphatic rings. The second-order valence-electron chi connectivity index (χ2n) is 5.71. The van der Waals surface area contributed by atoms with E-state index in [4.69, 9.17) is 0 Å². The van der Waals surface area contributed by atoms with Gasteiger partial charge in [0.1, 0.15) is 6.54 Å². The summed E-state index contributed by atoms with van der Waals surface area (Å²) in [6.07, 6.45) is 3.52. The van der Waals surface area contributed by atoms with E-state index in [1.807, 2.05) is 18.2 Å². The molecule has 6 nitrogen and oxygen atoms in total. The fourth-order valence-corrected chi connectivity index (χ4v) is 2.79. The Morgan fingerprint density at radius 3 is 2.60 bits per heavy atom. The molecule has 25 heavy (non-hydrogen) atoms. The molecule has 0 atom stereocenters. The van der Waals surface area contributed by atoms with Gasteiger partial charge in [-0.05, 0) is 30.0 Å². The van der Waals surface area contributed by atoms with Crippen molar-refractivity contribution in [1.29, 1.82) is 0 Å². The van der Waals surface area contributed by atoms with E-state index in [2.05, 4.69) is 38.1 Å². The molecule has 0 radical (unpaired) electrons. The summed E-state index contributed by atoms with van der Waals surface area (Å²) >= 11 is 1.74. The van der Waals surface area contributed by atoms with Crippen molar-refractivity contribution in [1.82, 2.24) is 20.5 Å². The normalized spacial score (nSPS) is 11.2. The first-order valence-corrected chi connectivity index (χ1v) is 9.18. The van der Waals surface area contributed by atoms with Gasteiger partial charge in [0.2, 0.25) is 5.91 Å². The summed E-state index contributed by atoms with van der Waals surface area (Å²) in [5.41, 5.74) is 1.03. The number of rotatable bonds is 8. The molecule has 0 saturated heterocycles. The first-order chi connectivity index (χ1) is 12.1. The maximum Gasteiger partial charge on any atom is 0.243 e. The van der Waals surface area contributed by atoms with Crippen LogP contribution < -0.4 is 10.6 Å². The number of hydrogen-bond acceptors (Lipinski definition) is 4. The molecule has 0 aliphatic carbocycles. The van der Waals surface area contributed by atoms with Gasteiger partial charge in [-0.1, -0.05) is 12.1 Å². The molecule has 0 bridgehead atoms. The van der Waals surface area contributed by atoms with Crippen molar-refractivity contribution in [2.45, 2.75) is 12.8 Å². The Kier molecular flexibility index (Phi) is 7.91. The van der Waals surface area contributed by atoms with Crippen molar-refractivity contribution < 1.29 is 4.79 Å². The van der Waals surface area contributed by atoms with E-state index in [0.29, 0.717) is 12.5 Å². The topological polar surface area (TPSA) is 69.6 Å². The van der Waals surface area contributed by atoms with Gasteiger partial charge in [0, 0.05) is 50.4 Å². The minimum atomic E-state index is -0.0240. The number of amides is 1. The fourth-order valence-electron chi connectivity index (χ4n) is 2.08. The van der Waals surface area contributed by atoms with Crippen LogP contribution >= 0.6 is 11.3 Å². The average molecular weight is 359 g/mol. The fraction of sp³-hybridized carbons (Fsp3) is 0.389. The van der Waals surface area contributed by atoms with Crippen LogP contribution in [0.2, 0.25) is 0 Å². The largest absolute Gasteiger partial charge is 0.356 e. The third-order valence-corrected chi connectivity index (χ3v) is 4.45. The molecule has 2 aromatic heterocycles. The number of carbonyl (C=O) groups excluding carboxylic acids is 1. The van der Waals surface area contributed by atoms with Crippen LogP contribution in [0.4, 0.5) is 0 Å². The van der Waals surface area contributed by atoms with E-state index in [9.17, 15) is 4.79 Å². The highest BCUT2D eigenvalue weighted by molar-refractivity contribution is 7.09. The zero-order chi connectivity index (χ0) is 17.9. The minimum Gasteiger partial charge on any atom is -0.356 e. The van der Waals surface area contributed by atoms with Gasteiger partial charge in [-0.15, -0.1) is 11.3 Å².